The Bertz CT molecular complexity index is 877. The van der Waals surface area contributed by atoms with Crippen molar-refractivity contribution in [3.8, 4) is 11.8 Å². The van der Waals surface area contributed by atoms with Gasteiger partial charge in [-0.3, -0.25) is 0 Å². The van der Waals surface area contributed by atoms with Crippen molar-refractivity contribution in [2.24, 2.45) is 0 Å². The SMILES string of the molecule is N#Cc1c([O-])c2cc3ccccc3cc2oc1=O.[Na+]. The van der Waals surface area contributed by atoms with Crippen LogP contribution in [0.25, 0.3) is 21.7 Å². The van der Waals surface area contributed by atoms with Crippen LogP contribution in [-0.4, -0.2) is 0 Å². The summed E-state index contributed by atoms with van der Waals surface area (Å²) < 4.78 is 4.99. The number of hydrogen-bond acceptors (Lipinski definition) is 4. The van der Waals surface area contributed by atoms with E-state index in [2.05, 4.69) is 0 Å². The topological polar surface area (TPSA) is 77.1 Å². The van der Waals surface area contributed by atoms with Crippen LogP contribution in [0.4, 0.5) is 0 Å². The first-order chi connectivity index (χ1) is 8.70. The van der Waals surface area contributed by atoms with Crippen molar-refractivity contribution in [1.82, 2.24) is 0 Å². The first-order valence-corrected chi connectivity index (χ1v) is 5.27. The summed E-state index contributed by atoms with van der Waals surface area (Å²) in [6, 6.07) is 12.3. The standard InChI is InChI=1S/C14H7NO3.Na/c15-7-11-13(16)10-5-8-3-1-2-4-9(8)6-12(10)18-14(11)17;/h1-6,16H;/q;+1/p-1. The van der Waals surface area contributed by atoms with Crippen LogP contribution in [-0.2, 0) is 0 Å². The number of rotatable bonds is 0. The van der Waals surface area contributed by atoms with Crippen molar-refractivity contribution >= 4 is 21.7 Å². The Morgan fingerprint density at radius 1 is 1.16 bits per heavy atom. The Kier molecular flexibility index (Phi) is 3.63. The third kappa shape index (κ3) is 2.13. The van der Waals surface area contributed by atoms with Gasteiger partial charge in [0, 0.05) is 5.39 Å². The van der Waals surface area contributed by atoms with Crippen LogP contribution in [0.1, 0.15) is 5.56 Å². The molecule has 4 nitrogen and oxygen atoms in total. The van der Waals surface area contributed by atoms with Crippen LogP contribution in [0.5, 0.6) is 5.75 Å². The minimum atomic E-state index is -0.884. The zero-order chi connectivity index (χ0) is 12.7. The normalized spacial score (nSPS) is 10.1. The van der Waals surface area contributed by atoms with E-state index in [1.807, 2.05) is 24.3 Å². The van der Waals surface area contributed by atoms with Crippen LogP contribution in [0.15, 0.2) is 45.6 Å². The summed E-state index contributed by atoms with van der Waals surface area (Å²) in [6.07, 6.45) is 0. The van der Waals surface area contributed by atoms with Crippen LogP contribution >= 0.6 is 0 Å². The molecular formula is C14H6NNaO3. The first-order valence-electron chi connectivity index (χ1n) is 5.27. The minimum Gasteiger partial charge on any atom is -0.871 e. The van der Waals surface area contributed by atoms with Gasteiger partial charge in [0.15, 0.2) is 0 Å². The Morgan fingerprint density at radius 3 is 2.42 bits per heavy atom. The number of hydrogen-bond donors (Lipinski definition) is 0. The molecule has 0 saturated carbocycles. The molecule has 0 N–H and O–H groups in total. The molecule has 2 aromatic carbocycles. The molecule has 19 heavy (non-hydrogen) atoms. The Hall–Kier alpha value is -1.80. The molecule has 3 aromatic rings. The smallest absolute Gasteiger partial charge is 0.871 e. The molecule has 0 aliphatic heterocycles. The monoisotopic (exact) mass is 259 g/mol. The van der Waals surface area contributed by atoms with E-state index in [-0.39, 0.29) is 40.5 Å². The second-order valence-corrected chi connectivity index (χ2v) is 3.90. The van der Waals surface area contributed by atoms with Crippen molar-refractivity contribution in [3.05, 3.63) is 52.4 Å². The predicted molar refractivity (Wildman–Crippen MR) is 64.2 cm³/mol. The number of fused-ring (bicyclic) bond motifs is 2. The molecule has 0 saturated heterocycles. The van der Waals surface area contributed by atoms with E-state index in [9.17, 15) is 9.90 Å². The number of nitrogens with zero attached hydrogens (tertiary/aromatic N) is 1. The van der Waals surface area contributed by atoms with Crippen molar-refractivity contribution in [3.63, 3.8) is 0 Å². The zero-order valence-electron chi connectivity index (χ0n) is 10.1. The third-order valence-electron chi connectivity index (χ3n) is 2.84. The van der Waals surface area contributed by atoms with Gasteiger partial charge in [-0.25, -0.2) is 4.79 Å². The largest absolute Gasteiger partial charge is 1.00 e. The molecule has 3 rings (SSSR count). The van der Waals surface area contributed by atoms with E-state index in [0.29, 0.717) is 0 Å². The van der Waals surface area contributed by atoms with Crippen molar-refractivity contribution in [2.75, 3.05) is 0 Å². The average Bonchev–Trinajstić information content (AvgIpc) is 2.37. The van der Waals surface area contributed by atoms with Crippen molar-refractivity contribution in [1.29, 1.82) is 5.26 Å². The maximum Gasteiger partial charge on any atom is 1.00 e. The van der Waals surface area contributed by atoms with Gasteiger partial charge >= 0.3 is 35.2 Å². The van der Waals surface area contributed by atoms with E-state index in [1.54, 1.807) is 18.2 Å². The second-order valence-electron chi connectivity index (χ2n) is 3.90. The zero-order valence-corrected chi connectivity index (χ0v) is 12.1. The summed E-state index contributed by atoms with van der Waals surface area (Å²) in [4.78, 5) is 11.4. The molecule has 0 aliphatic rings. The van der Waals surface area contributed by atoms with Crippen LogP contribution in [0.3, 0.4) is 0 Å². The van der Waals surface area contributed by atoms with Gasteiger partial charge in [0.25, 0.3) is 0 Å². The predicted octanol–water partition coefficient (Wildman–Crippen LogP) is -1.10. The average molecular weight is 259 g/mol. The second kappa shape index (κ2) is 5.06. The summed E-state index contributed by atoms with van der Waals surface area (Å²) >= 11 is 0. The van der Waals surface area contributed by atoms with Gasteiger partial charge < -0.3 is 9.52 Å². The van der Waals surface area contributed by atoms with Crippen LogP contribution in [0.2, 0.25) is 0 Å². The number of nitriles is 1. The molecule has 1 heterocycles. The van der Waals surface area contributed by atoms with E-state index in [0.717, 1.165) is 10.8 Å². The quantitative estimate of drug-likeness (QED) is 0.291. The summed E-state index contributed by atoms with van der Waals surface area (Å²) in [5.41, 5.74) is -1.15. The first kappa shape index (κ1) is 13.6. The van der Waals surface area contributed by atoms with E-state index < -0.39 is 16.9 Å². The fourth-order valence-corrected chi connectivity index (χ4v) is 1.96. The number of benzene rings is 2. The van der Waals surface area contributed by atoms with E-state index >= 15 is 0 Å². The van der Waals surface area contributed by atoms with Gasteiger partial charge in [-0.15, -0.1) is 0 Å². The van der Waals surface area contributed by atoms with E-state index in [4.69, 9.17) is 9.68 Å². The summed E-state index contributed by atoms with van der Waals surface area (Å²) in [5, 5.41) is 22.7. The molecular weight excluding hydrogens is 253 g/mol. The fraction of sp³-hybridized carbons (Fsp3) is 0. The molecule has 0 unspecified atom stereocenters. The molecule has 5 heteroatoms. The molecule has 0 atom stereocenters. The van der Waals surface area contributed by atoms with E-state index in [1.165, 1.54) is 0 Å². The van der Waals surface area contributed by atoms with Crippen LogP contribution in [0, 0.1) is 11.3 Å². The Morgan fingerprint density at radius 2 is 1.79 bits per heavy atom. The molecule has 86 valence electrons. The van der Waals surface area contributed by atoms with Crippen molar-refractivity contribution < 1.29 is 39.1 Å². The van der Waals surface area contributed by atoms with Crippen molar-refractivity contribution in [2.45, 2.75) is 0 Å². The molecule has 0 fully saturated rings. The Balaban J connectivity index is 0.00000133. The summed E-state index contributed by atoms with van der Waals surface area (Å²) in [5.74, 6) is -0.575. The van der Waals surface area contributed by atoms with Gasteiger partial charge in [0.05, 0.1) is 0 Å². The van der Waals surface area contributed by atoms with Gasteiger partial charge in [-0.05, 0) is 22.9 Å². The third-order valence-corrected chi connectivity index (χ3v) is 2.84. The fourth-order valence-electron chi connectivity index (χ4n) is 1.96. The van der Waals surface area contributed by atoms with Gasteiger partial charge in [0.2, 0.25) is 0 Å². The maximum absolute atomic E-state index is 11.9. The molecule has 0 bridgehead atoms. The molecule has 0 aliphatic carbocycles. The van der Waals surface area contributed by atoms with Gasteiger partial charge in [-0.2, -0.15) is 5.26 Å². The molecule has 1 aromatic heterocycles. The summed E-state index contributed by atoms with van der Waals surface area (Å²) in [6.45, 7) is 0. The molecule has 0 amide bonds. The summed E-state index contributed by atoms with van der Waals surface area (Å²) in [7, 11) is 0. The van der Waals surface area contributed by atoms with Gasteiger partial charge in [0.1, 0.15) is 17.2 Å². The van der Waals surface area contributed by atoms with Crippen LogP contribution < -0.4 is 40.3 Å². The van der Waals surface area contributed by atoms with Gasteiger partial charge in [-0.1, -0.05) is 30.0 Å². The minimum absolute atomic E-state index is 0. The Labute approximate surface area is 130 Å². The molecule has 0 spiro atoms. The maximum atomic E-state index is 11.9. The molecule has 0 radical (unpaired) electrons.